The Labute approximate surface area is 86.2 Å². The Hall–Kier alpha value is -1.03. The highest BCUT2D eigenvalue weighted by Gasteiger charge is 2.05. The van der Waals surface area contributed by atoms with Crippen LogP contribution in [-0.4, -0.2) is 11.0 Å². The Balaban J connectivity index is 2.93. The molecule has 13 heavy (non-hydrogen) atoms. The van der Waals surface area contributed by atoms with Gasteiger partial charge in [0.1, 0.15) is 0 Å². The minimum absolute atomic E-state index is 0.181. The van der Waals surface area contributed by atoms with Crippen LogP contribution in [0, 0.1) is 0 Å². The molecule has 1 aromatic heterocycles. The first kappa shape index (κ1) is 10.1. The lowest BCUT2D eigenvalue weighted by atomic mass is 10.3. The lowest BCUT2D eigenvalue weighted by Crippen LogP contribution is -2.13. The number of nitrogens with one attached hydrogen (secondary N) is 1. The molecule has 0 aliphatic rings. The van der Waals surface area contributed by atoms with Crippen LogP contribution in [0.3, 0.4) is 0 Å². The molecule has 0 aliphatic carbocycles. The van der Waals surface area contributed by atoms with E-state index < -0.39 is 0 Å². The van der Waals surface area contributed by atoms with Crippen molar-refractivity contribution in [3.05, 3.63) is 29.5 Å². The van der Waals surface area contributed by atoms with Gasteiger partial charge < -0.3 is 11.1 Å². The van der Waals surface area contributed by atoms with Crippen LogP contribution < -0.4 is 11.1 Å². The molecule has 1 aromatic rings. The number of nitrogens with two attached hydrogens (primary N) is 1. The van der Waals surface area contributed by atoms with Crippen molar-refractivity contribution in [1.82, 2.24) is 4.98 Å². The molecule has 1 unspecified atom stereocenters. The first-order valence-electron chi connectivity index (χ1n) is 3.93. The SMILES string of the molecule is C=CC(C)Nc1c(N)cncc1Br. The average molecular weight is 242 g/mol. The standard InChI is InChI=1S/C9H12BrN3/c1-3-6(2)13-9-7(10)4-12-5-8(9)11/h3-6H,1,11H2,2H3,(H,12,13). The van der Waals surface area contributed by atoms with Gasteiger partial charge in [0.2, 0.25) is 0 Å². The Kier molecular flexibility index (Phi) is 3.31. The van der Waals surface area contributed by atoms with Crippen LogP contribution in [0.1, 0.15) is 6.92 Å². The molecule has 1 atom stereocenters. The molecule has 0 bridgehead atoms. The molecule has 3 N–H and O–H groups in total. The Morgan fingerprint density at radius 1 is 1.69 bits per heavy atom. The second-order valence-corrected chi connectivity index (χ2v) is 3.61. The number of hydrogen-bond acceptors (Lipinski definition) is 3. The quantitative estimate of drug-likeness (QED) is 0.800. The molecule has 1 rings (SSSR count). The number of hydrogen-bond donors (Lipinski definition) is 2. The molecule has 1 heterocycles. The highest BCUT2D eigenvalue weighted by molar-refractivity contribution is 9.10. The van der Waals surface area contributed by atoms with E-state index in [0.29, 0.717) is 5.69 Å². The van der Waals surface area contributed by atoms with Crippen molar-refractivity contribution in [2.75, 3.05) is 11.1 Å². The molecule has 0 saturated heterocycles. The third kappa shape index (κ3) is 2.45. The zero-order valence-electron chi connectivity index (χ0n) is 7.42. The molecule has 0 spiro atoms. The number of halogens is 1. The van der Waals surface area contributed by atoms with E-state index in [4.69, 9.17) is 5.73 Å². The van der Waals surface area contributed by atoms with Crippen molar-refractivity contribution in [3.8, 4) is 0 Å². The Morgan fingerprint density at radius 2 is 2.38 bits per heavy atom. The van der Waals surface area contributed by atoms with Crippen LogP contribution in [0.4, 0.5) is 11.4 Å². The van der Waals surface area contributed by atoms with E-state index in [1.165, 1.54) is 0 Å². The minimum atomic E-state index is 0.181. The van der Waals surface area contributed by atoms with Crippen molar-refractivity contribution in [3.63, 3.8) is 0 Å². The molecule has 0 aromatic carbocycles. The third-order valence-electron chi connectivity index (χ3n) is 1.65. The molecular weight excluding hydrogens is 230 g/mol. The van der Waals surface area contributed by atoms with E-state index in [-0.39, 0.29) is 6.04 Å². The van der Waals surface area contributed by atoms with Crippen molar-refractivity contribution in [2.24, 2.45) is 0 Å². The summed E-state index contributed by atoms with van der Waals surface area (Å²) in [4.78, 5) is 3.94. The van der Waals surface area contributed by atoms with E-state index in [1.807, 2.05) is 13.0 Å². The van der Waals surface area contributed by atoms with Gasteiger partial charge in [0, 0.05) is 12.2 Å². The second-order valence-electron chi connectivity index (χ2n) is 2.75. The van der Waals surface area contributed by atoms with Crippen LogP contribution >= 0.6 is 15.9 Å². The van der Waals surface area contributed by atoms with E-state index in [2.05, 4.69) is 32.8 Å². The minimum Gasteiger partial charge on any atom is -0.396 e. The van der Waals surface area contributed by atoms with Crippen molar-refractivity contribution < 1.29 is 0 Å². The van der Waals surface area contributed by atoms with Crippen LogP contribution in [0.5, 0.6) is 0 Å². The normalized spacial score (nSPS) is 12.2. The molecule has 0 radical (unpaired) electrons. The fourth-order valence-corrected chi connectivity index (χ4v) is 1.35. The number of nitrogen functional groups attached to an aromatic ring is 1. The summed E-state index contributed by atoms with van der Waals surface area (Å²) in [6, 6.07) is 0.181. The lowest BCUT2D eigenvalue weighted by Gasteiger charge is -2.14. The van der Waals surface area contributed by atoms with E-state index in [0.717, 1.165) is 10.2 Å². The van der Waals surface area contributed by atoms with E-state index in [1.54, 1.807) is 12.4 Å². The molecular formula is C9H12BrN3. The van der Waals surface area contributed by atoms with Gasteiger partial charge in [-0.25, -0.2) is 0 Å². The van der Waals surface area contributed by atoms with Crippen LogP contribution in [-0.2, 0) is 0 Å². The molecule has 0 saturated carbocycles. The smallest absolute Gasteiger partial charge is 0.0754 e. The van der Waals surface area contributed by atoms with Crippen molar-refractivity contribution >= 4 is 27.3 Å². The zero-order valence-corrected chi connectivity index (χ0v) is 9.01. The topological polar surface area (TPSA) is 50.9 Å². The Morgan fingerprint density at radius 3 is 2.92 bits per heavy atom. The average Bonchev–Trinajstić information content (AvgIpc) is 2.11. The summed E-state index contributed by atoms with van der Waals surface area (Å²) in [7, 11) is 0. The highest BCUT2D eigenvalue weighted by atomic mass is 79.9. The predicted molar refractivity (Wildman–Crippen MR) is 59.6 cm³/mol. The zero-order chi connectivity index (χ0) is 9.84. The van der Waals surface area contributed by atoms with E-state index in [9.17, 15) is 0 Å². The van der Waals surface area contributed by atoms with Crippen molar-refractivity contribution in [1.29, 1.82) is 0 Å². The maximum atomic E-state index is 5.74. The highest BCUT2D eigenvalue weighted by Crippen LogP contribution is 2.27. The number of nitrogens with zero attached hydrogens (tertiary/aromatic N) is 1. The molecule has 0 aliphatic heterocycles. The summed E-state index contributed by atoms with van der Waals surface area (Å²) >= 11 is 3.37. The first-order valence-corrected chi connectivity index (χ1v) is 4.72. The number of pyridine rings is 1. The van der Waals surface area contributed by atoms with Gasteiger partial charge in [-0.15, -0.1) is 6.58 Å². The van der Waals surface area contributed by atoms with Crippen LogP contribution in [0.15, 0.2) is 29.5 Å². The van der Waals surface area contributed by atoms with Gasteiger partial charge in [-0.05, 0) is 22.9 Å². The molecule has 70 valence electrons. The van der Waals surface area contributed by atoms with Crippen LogP contribution in [0.25, 0.3) is 0 Å². The van der Waals surface area contributed by atoms with E-state index >= 15 is 0 Å². The summed E-state index contributed by atoms with van der Waals surface area (Å²) in [5, 5.41) is 3.20. The molecule has 4 heteroatoms. The van der Waals surface area contributed by atoms with Gasteiger partial charge in [0.15, 0.2) is 0 Å². The lowest BCUT2D eigenvalue weighted by molar-refractivity contribution is 0.998. The maximum absolute atomic E-state index is 5.74. The van der Waals surface area contributed by atoms with Gasteiger partial charge in [0.05, 0.1) is 22.0 Å². The number of aromatic nitrogens is 1. The van der Waals surface area contributed by atoms with Crippen LogP contribution in [0.2, 0.25) is 0 Å². The maximum Gasteiger partial charge on any atom is 0.0754 e. The summed E-state index contributed by atoms with van der Waals surface area (Å²) in [6.07, 6.45) is 5.13. The van der Waals surface area contributed by atoms with Gasteiger partial charge in [-0.3, -0.25) is 4.98 Å². The van der Waals surface area contributed by atoms with Gasteiger partial charge >= 0.3 is 0 Å². The molecule has 3 nitrogen and oxygen atoms in total. The summed E-state index contributed by atoms with van der Waals surface area (Å²) in [5.74, 6) is 0. The molecule has 0 amide bonds. The monoisotopic (exact) mass is 241 g/mol. The summed E-state index contributed by atoms with van der Waals surface area (Å²) < 4.78 is 0.862. The van der Waals surface area contributed by atoms with Gasteiger partial charge in [0.25, 0.3) is 0 Å². The Bertz CT molecular complexity index is 291. The second kappa shape index (κ2) is 4.28. The van der Waals surface area contributed by atoms with Gasteiger partial charge in [-0.1, -0.05) is 6.08 Å². The summed E-state index contributed by atoms with van der Waals surface area (Å²) in [6.45, 7) is 5.68. The first-order chi connectivity index (χ1) is 6.15. The molecule has 0 fully saturated rings. The van der Waals surface area contributed by atoms with Crippen molar-refractivity contribution in [2.45, 2.75) is 13.0 Å². The summed E-state index contributed by atoms with van der Waals surface area (Å²) in [5.41, 5.74) is 7.23. The number of rotatable bonds is 3. The number of anilines is 2. The largest absolute Gasteiger partial charge is 0.396 e. The van der Waals surface area contributed by atoms with Gasteiger partial charge in [-0.2, -0.15) is 0 Å². The predicted octanol–water partition coefficient (Wildman–Crippen LogP) is 2.41. The fraction of sp³-hybridized carbons (Fsp3) is 0.222. The third-order valence-corrected chi connectivity index (χ3v) is 2.26. The fourth-order valence-electron chi connectivity index (χ4n) is 0.889.